The average molecular weight is 230 g/mol. The molecule has 0 amide bonds. The van der Waals surface area contributed by atoms with Gasteiger partial charge in [0.15, 0.2) is 0 Å². The minimum absolute atomic E-state index is 0.438. The summed E-state index contributed by atoms with van der Waals surface area (Å²) in [6.45, 7) is 7.33. The van der Waals surface area contributed by atoms with Gasteiger partial charge in [-0.1, -0.05) is 25.4 Å². The van der Waals surface area contributed by atoms with Crippen molar-refractivity contribution in [3.63, 3.8) is 0 Å². The predicted octanol–water partition coefficient (Wildman–Crippen LogP) is 2.18. The molecule has 3 nitrogen and oxygen atoms in total. The minimum atomic E-state index is 0.438. The average Bonchev–Trinajstić information content (AvgIpc) is 2.45. The van der Waals surface area contributed by atoms with Crippen molar-refractivity contribution in [3.05, 3.63) is 16.4 Å². The number of hydrogen-bond donors (Lipinski definition) is 1. The Morgan fingerprint density at radius 3 is 2.60 bits per heavy atom. The maximum atomic E-state index is 6.26. The summed E-state index contributed by atoms with van der Waals surface area (Å²) in [5.41, 5.74) is 2.12. The molecular weight excluding hydrogens is 210 g/mol. The fraction of sp³-hybridized carbons (Fsp3) is 0.727. The molecule has 0 spiro atoms. The monoisotopic (exact) mass is 229 g/mol. The van der Waals surface area contributed by atoms with E-state index in [0.29, 0.717) is 6.04 Å². The standard InChI is InChI=1S/C11H20ClN3/c1-5-9-11(12)10(15(4)14-9)7-8(3)13-6-2/h8,13H,5-7H2,1-4H3. The molecule has 0 aliphatic rings. The van der Waals surface area contributed by atoms with Gasteiger partial charge >= 0.3 is 0 Å². The first-order chi connectivity index (χ1) is 7.10. The third-order valence-corrected chi connectivity index (χ3v) is 2.99. The van der Waals surface area contributed by atoms with E-state index in [2.05, 4.69) is 31.2 Å². The van der Waals surface area contributed by atoms with Crippen molar-refractivity contribution in [1.82, 2.24) is 15.1 Å². The van der Waals surface area contributed by atoms with Crippen LogP contribution in [0, 0.1) is 0 Å². The lowest BCUT2D eigenvalue weighted by Gasteiger charge is -2.12. The van der Waals surface area contributed by atoms with Crippen LogP contribution in [0.2, 0.25) is 5.02 Å². The SMILES string of the molecule is CCNC(C)Cc1c(Cl)c(CC)nn1C. The number of aromatic nitrogens is 2. The van der Waals surface area contributed by atoms with Crippen molar-refractivity contribution in [2.45, 2.75) is 39.7 Å². The molecule has 15 heavy (non-hydrogen) atoms. The lowest BCUT2D eigenvalue weighted by atomic mass is 10.1. The van der Waals surface area contributed by atoms with Gasteiger partial charge in [-0.05, 0) is 19.9 Å². The van der Waals surface area contributed by atoms with E-state index in [1.54, 1.807) is 0 Å². The van der Waals surface area contributed by atoms with Crippen LogP contribution in [0.4, 0.5) is 0 Å². The fourth-order valence-electron chi connectivity index (χ4n) is 1.75. The smallest absolute Gasteiger partial charge is 0.0850 e. The summed E-state index contributed by atoms with van der Waals surface area (Å²) >= 11 is 6.26. The Bertz CT molecular complexity index is 320. The van der Waals surface area contributed by atoms with Crippen molar-refractivity contribution in [2.24, 2.45) is 7.05 Å². The van der Waals surface area contributed by atoms with Crippen LogP contribution >= 0.6 is 11.6 Å². The zero-order chi connectivity index (χ0) is 11.4. The summed E-state index contributed by atoms with van der Waals surface area (Å²) in [6, 6.07) is 0.438. The molecule has 0 aliphatic carbocycles. The molecule has 4 heteroatoms. The van der Waals surface area contributed by atoms with Gasteiger partial charge in [0.05, 0.1) is 16.4 Å². The second kappa shape index (κ2) is 5.52. The summed E-state index contributed by atoms with van der Waals surface area (Å²) in [6.07, 6.45) is 1.82. The first-order valence-electron chi connectivity index (χ1n) is 5.53. The molecule has 0 aliphatic heterocycles. The maximum Gasteiger partial charge on any atom is 0.0850 e. The third kappa shape index (κ3) is 2.95. The Labute approximate surface area is 96.8 Å². The molecule has 1 atom stereocenters. The molecule has 1 aromatic heterocycles. The second-order valence-corrected chi connectivity index (χ2v) is 4.23. The Morgan fingerprint density at radius 2 is 2.13 bits per heavy atom. The molecule has 86 valence electrons. The van der Waals surface area contributed by atoms with Gasteiger partial charge in [-0.2, -0.15) is 5.10 Å². The van der Waals surface area contributed by atoms with Gasteiger partial charge in [-0.25, -0.2) is 0 Å². The number of hydrogen-bond acceptors (Lipinski definition) is 2. The molecule has 1 aromatic rings. The van der Waals surface area contributed by atoms with Crippen LogP contribution in [0.3, 0.4) is 0 Å². The lowest BCUT2D eigenvalue weighted by molar-refractivity contribution is 0.542. The quantitative estimate of drug-likeness (QED) is 0.839. The van der Waals surface area contributed by atoms with Crippen LogP contribution in [0.15, 0.2) is 0 Å². The Morgan fingerprint density at radius 1 is 1.47 bits per heavy atom. The highest BCUT2D eigenvalue weighted by Crippen LogP contribution is 2.21. The van der Waals surface area contributed by atoms with E-state index in [4.69, 9.17) is 11.6 Å². The van der Waals surface area contributed by atoms with Crippen LogP contribution in [-0.4, -0.2) is 22.4 Å². The van der Waals surface area contributed by atoms with E-state index in [0.717, 1.165) is 35.8 Å². The molecule has 0 bridgehead atoms. The van der Waals surface area contributed by atoms with E-state index in [9.17, 15) is 0 Å². The van der Waals surface area contributed by atoms with Gasteiger partial charge in [-0.15, -0.1) is 0 Å². The molecule has 1 N–H and O–H groups in total. The summed E-state index contributed by atoms with van der Waals surface area (Å²) in [7, 11) is 1.96. The molecule has 1 heterocycles. The minimum Gasteiger partial charge on any atom is -0.314 e. The molecule has 0 radical (unpaired) electrons. The third-order valence-electron chi connectivity index (χ3n) is 2.56. The van der Waals surface area contributed by atoms with E-state index < -0.39 is 0 Å². The molecular formula is C11H20ClN3. The van der Waals surface area contributed by atoms with Gasteiger partial charge < -0.3 is 5.32 Å². The van der Waals surface area contributed by atoms with Gasteiger partial charge in [0.25, 0.3) is 0 Å². The van der Waals surface area contributed by atoms with Gasteiger partial charge in [0.2, 0.25) is 0 Å². The molecule has 0 saturated carbocycles. The molecule has 0 aromatic carbocycles. The second-order valence-electron chi connectivity index (χ2n) is 3.85. The van der Waals surface area contributed by atoms with Gasteiger partial charge in [0, 0.05) is 19.5 Å². The van der Waals surface area contributed by atoms with Crippen molar-refractivity contribution in [2.75, 3.05) is 6.54 Å². The number of aryl methyl sites for hydroxylation is 2. The van der Waals surface area contributed by atoms with Crippen molar-refractivity contribution < 1.29 is 0 Å². The highest BCUT2D eigenvalue weighted by molar-refractivity contribution is 6.31. The van der Waals surface area contributed by atoms with Gasteiger partial charge in [0.1, 0.15) is 0 Å². The van der Waals surface area contributed by atoms with Crippen LogP contribution in [0.1, 0.15) is 32.2 Å². The number of rotatable bonds is 5. The van der Waals surface area contributed by atoms with Crippen LogP contribution in [0.25, 0.3) is 0 Å². The highest BCUT2D eigenvalue weighted by Gasteiger charge is 2.14. The maximum absolute atomic E-state index is 6.26. The number of nitrogens with one attached hydrogen (secondary N) is 1. The predicted molar refractivity (Wildman–Crippen MR) is 64.4 cm³/mol. The van der Waals surface area contributed by atoms with E-state index in [-0.39, 0.29) is 0 Å². The Kier molecular flexibility index (Phi) is 4.61. The molecule has 1 rings (SSSR count). The summed E-state index contributed by atoms with van der Waals surface area (Å²) in [4.78, 5) is 0. The summed E-state index contributed by atoms with van der Waals surface area (Å²) < 4.78 is 1.90. The van der Waals surface area contributed by atoms with Crippen LogP contribution < -0.4 is 5.32 Å². The molecule has 1 unspecified atom stereocenters. The number of nitrogens with zero attached hydrogens (tertiary/aromatic N) is 2. The van der Waals surface area contributed by atoms with Crippen molar-refractivity contribution in [3.8, 4) is 0 Å². The first-order valence-corrected chi connectivity index (χ1v) is 5.91. The largest absolute Gasteiger partial charge is 0.314 e. The molecule has 0 fully saturated rings. The Balaban J connectivity index is 2.80. The van der Waals surface area contributed by atoms with E-state index >= 15 is 0 Å². The highest BCUT2D eigenvalue weighted by atomic mass is 35.5. The normalized spacial score (nSPS) is 13.1. The zero-order valence-electron chi connectivity index (χ0n) is 9.97. The zero-order valence-corrected chi connectivity index (χ0v) is 10.7. The Hall–Kier alpha value is -0.540. The van der Waals surface area contributed by atoms with Gasteiger partial charge in [-0.3, -0.25) is 4.68 Å². The van der Waals surface area contributed by atoms with E-state index in [1.165, 1.54) is 0 Å². The van der Waals surface area contributed by atoms with Crippen molar-refractivity contribution >= 4 is 11.6 Å². The van der Waals surface area contributed by atoms with Crippen LogP contribution in [0.5, 0.6) is 0 Å². The summed E-state index contributed by atoms with van der Waals surface area (Å²) in [5, 5.41) is 8.61. The lowest BCUT2D eigenvalue weighted by Crippen LogP contribution is -2.28. The first kappa shape index (κ1) is 12.5. The topological polar surface area (TPSA) is 29.9 Å². The van der Waals surface area contributed by atoms with Crippen molar-refractivity contribution in [1.29, 1.82) is 0 Å². The number of halogens is 1. The number of likely N-dealkylation sites (N-methyl/N-ethyl adjacent to an activating group) is 1. The molecule has 0 saturated heterocycles. The fourth-order valence-corrected chi connectivity index (χ4v) is 2.12. The van der Waals surface area contributed by atoms with E-state index in [1.807, 2.05) is 11.7 Å². The van der Waals surface area contributed by atoms with Crippen LogP contribution in [-0.2, 0) is 19.9 Å². The summed E-state index contributed by atoms with van der Waals surface area (Å²) in [5.74, 6) is 0.